The zero-order valence-electron chi connectivity index (χ0n) is 14.7. The zero-order chi connectivity index (χ0) is 16.7. The number of thioether (sulfide) groups is 1. The summed E-state index contributed by atoms with van der Waals surface area (Å²) in [5, 5.41) is 3.13. The van der Waals surface area contributed by atoms with E-state index in [9.17, 15) is 9.59 Å². The number of rotatable bonds is 6. The molecular formula is C18H32N2O2S. The highest BCUT2D eigenvalue weighted by Gasteiger charge is 2.22. The van der Waals surface area contributed by atoms with Crippen molar-refractivity contribution >= 4 is 23.6 Å². The van der Waals surface area contributed by atoms with Gasteiger partial charge in [0, 0.05) is 26.1 Å². The minimum absolute atomic E-state index is 0.141. The molecule has 2 aliphatic rings. The van der Waals surface area contributed by atoms with Gasteiger partial charge in [-0.25, -0.2) is 0 Å². The second kappa shape index (κ2) is 9.55. The van der Waals surface area contributed by atoms with Crippen molar-refractivity contribution in [2.75, 3.05) is 24.6 Å². The Hall–Kier alpha value is -0.710. The van der Waals surface area contributed by atoms with E-state index in [1.807, 2.05) is 4.90 Å². The summed E-state index contributed by atoms with van der Waals surface area (Å²) in [5.41, 5.74) is 0. The van der Waals surface area contributed by atoms with Gasteiger partial charge >= 0.3 is 0 Å². The highest BCUT2D eigenvalue weighted by atomic mass is 32.2. The number of piperidine rings is 1. The van der Waals surface area contributed by atoms with Crippen molar-refractivity contribution < 1.29 is 9.59 Å². The number of nitrogens with one attached hydrogen (secondary N) is 1. The first-order valence-electron chi connectivity index (χ1n) is 9.17. The maximum atomic E-state index is 12.0. The molecule has 5 heteroatoms. The second-order valence-electron chi connectivity index (χ2n) is 7.33. The molecule has 0 aromatic carbocycles. The Morgan fingerprint density at radius 2 is 1.91 bits per heavy atom. The van der Waals surface area contributed by atoms with Crippen LogP contribution in [0, 0.1) is 11.8 Å². The van der Waals surface area contributed by atoms with E-state index in [0.717, 1.165) is 43.5 Å². The van der Waals surface area contributed by atoms with Crippen LogP contribution in [0.1, 0.15) is 58.8 Å². The van der Waals surface area contributed by atoms with Crippen molar-refractivity contribution in [3.8, 4) is 0 Å². The fraction of sp³-hybridized carbons (Fsp3) is 0.889. The molecule has 1 aliphatic carbocycles. The van der Waals surface area contributed by atoms with Gasteiger partial charge in [-0.15, -0.1) is 0 Å². The van der Waals surface area contributed by atoms with Gasteiger partial charge in [-0.1, -0.05) is 26.2 Å². The van der Waals surface area contributed by atoms with Crippen molar-refractivity contribution in [3.63, 3.8) is 0 Å². The Balaban J connectivity index is 1.53. The molecule has 1 saturated carbocycles. The van der Waals surface area contributed by atoms with Crippen LogP contribution in [-0.2, 0) is 9.59 Å². The first-order chi connectivity index (χ1) is 11.0. The fourth-order valence-electron chi connectivity index (χ4n) is 3.84. The summed E-state index contributed by atoms with van der Waals surface area (Å²) in [6.45, 7) is 5.52. The number of amides is 2. The van der Waals surface area contributed by atoms with E-state index in [1.165, 1.54) is 32.1 Å². The van der Waals surface area contributed by atoms with E-state index < -0.39 is 0 Å². The SMILES string of the molecule is CC(=O)N1CCC(NC(=O)CSCC[C@H]2CCC[C@H](C)C2)CC1. The number of carbonyl (C=O) groups is 2. The smallest absolute Gasteiger partial charge is 0.230 e. The van der Waals surface area contributed by atoms with Gasteiger partial charge in [-0.05, 0) is 43.3 Å². The number of hydrogen-bond donors (Lipinski definition) is 1. The molecule has 0 spiro atoms. The van der Waals surface area contributed by atoms with Crippen LogP contribution in [0.2, 0.25) is 0 Å². The molecule has 0 aromatic rings. The summed E-state index contributed by atoms with van der Waals surface area (Å²) in [4.78, 5) is 25.2. The topological polar surface area (TPSA) is 49.4 Å². The number of nitrogens with zero attached hydrogens (tertiary/aromatic N) is 1. The van der Waals surface area contributed by atoms with Gasteiger partial charge in [0.05, 0.1) is 5.75 Å². The highest BCUT2D eigenvalue weighted by Crippen LogP contribution is 2.31. The lowest BCUT2D eigenvalue weighted by molar-refractivity contribution is -0.130. The molecule has 1 N–H and O–H groups in total. The van der Waals surface area contributed by atoms with Crippen LogP contribution in [0.5, 0.6) is 0 Å². The van der Waals surface area contributed by atoms with Crippen molar-refractivity contribution in [1.29, 1.82) is 0 Å². The van der Waals surface area contributed by atoms with Gasteiger partial charge < -0.3 is 10.2 Å². The van der Waals surface area contributed by atoms with Crippen molar-refractivity contribution in [1.82, 2.24) is 10.2 Å². The van der Waals surface area contributed by atoms with E-state index in [0.29, 0.717) is 5.75 Å². The lowest BCUT2D eigenvalue weighted by atomic mass is 9.81. The predicted octanol–water partition coefficient (Wildman–Crippen LogP) is 3.06. The molecule has 0 bridgehead atoms. The van der Waals surface area contributed by atoms with Gasteiger partial charge in [0.25, 0.3) is 0 Å². The quantitative estimate of drug-likeness (QED) is 0.756. The summed E-state index contributed by atoms with van der Waals surface area (Å²) < 4.78 is 0. The maximum absolute atomic E-state index is 12.0. The van der Waals surface area contributed by atoms with Gasteiger partial charge in [0.2, 0.25) is 11.8 Å². The Morgan fingerprint density at radius 1 is 1.17 bits per heavy atom. The summed E-state index contributed by atoms with van der Waals surface area (Å²) in [6.07, 6.45) is 8.57. The average molecular weight is 341 g/mol. The van der Waals surface area contributed by atoms with Crippen LogP contribution < -0.4 is 5.32 Å². The monoisotopic (exact) mass is 340 g/mol. The average Bonchev–Trinajstić information content (AvgIpc) is 2.52. The van der Waals surface area contributed by atoms with Gasteiger partial charge in [0.15, 0.2) is 0 Å². The Bertz CT molecular complexity index is 394. The van der Waals surface area contributed by atoms with Crippen LogP contribution in [0.25, 0.3) is 0 Å². The molecule has 2 amide bonds. The van der Waals surface area contributed by atoms with E-state index in [1.54, 1.807) is 18.7 Å². The molecule has 4 nitrogen and oxygen atoms in total. The van der Waals surface area contributed by atoms with Crippen molar-refractivity contribution in [3.05, 3.63) is 0 Å². The highest BCUT2D eigenvalue weighted by molar-refractivity contribution is 7.99. The summed E-state index contributed by atoms with van der Waals surface area (Å²) >= 11 is 1.77. The Labute approximate surface area is 145 Å². The predicted molar refractivity (Wildman–Crippen MR) is 96.5 cm³/mol. The molecule has 132 valence electrons. The summed E-state index contributed by atoms with van der Waals surface area (Å²) in [5.74, 6) is 3.76. The molecule has 2 rings (SSSR count). The Kier molecular flexibility index (Phi) is 7.74. The maximum Gasteiger partial charge on any atom is 0.230 e. The van der Waals surface area contributed by atoms with E-state index in [4.69, 9.17) is 0 Å². The molecule has 0 aromatic heterocycles. The van der Waals surface area contributed by atoms with Crippen LogP contribution in [0.4, 0.5) is 0 Å². The molecular weight excluding hydrogens is 308 g/mol. The number of carbonyl (C=O) groups excluding carboxylic acids is 2. The molecule has 0 radical (unpaired) electrons. The molecule has 2 atom stereocenters. The summed E-state index contributed by atoms with van der Waals surface area (Å²) in [6, 6.07) is 0.248. The third kappa shape index (κ3) is 6.74. The van der Waals surface area contributed by atoms with Gasteiger partial charge in [0.1, 0.15) is 0 Å². The first kappa shape index (κ1) is 18.6. The van der Waals surface area contributed by atoms with Crippen LogP contribution in [0.15, 0.2) is 0 Å². The third-order valence-corrected chi connectivity index (χ3v) is 6.24. The first-order valence-corrected chi connectivity index (χ1v) is 10.3. The van der Waals surface area contributed by atoms with E-state index in [2.05, 4.69) is 12.2 Å². The number of likely N-dealkylation sites (tertiary alicyclic amines) is 1. The Morgan fingerprint density at radius 3 is 2.57 bits per heavy atom. The van der Waals surface area contributed by atoms with E-state index in [-0.39, 0.29) is 17.9 Å². The molecule has 0 unspecified atom stereocenters. The van der Waals surface area contributed by atoms with Crippen LogP contribution >= 0.6 is 11.8 Å². The normalized spacial score (nSPS) is 26.1. The fourth-order valence-corrected chi connectivity index (χ4v) is 4.76. The second-order valence-corrected chi connectivity index (χ2v) is 8.43. The van der Waals surface area contributed by atoms with Crippen LogP contribution in [0.3, 0.4) is 0 Å². The molecule has 1 saturated heterocycles. The van der Waals surface area contributed by atoms with E-state index >= 15 is 0 Å². The van der Waals surface area contributed by atoms with Gasteiger partial charge in [-0.3, -0.25) is 9.59 Å². The molecule has 1 heterocycles. The van der Waals surface area contributed by atoms with Crippen molar-refractivity contribution in [2.45, 2.75) is 64.8 Å². The minimum atomic E-state index is 0.141. The lowest BCUT2D eigenvalue weighted by Crippen LogP contribution is -2.46. The largest absolute Gasteiger partial charge is 0.353 e. The standard InChI is InChI=1S/C18H32N2O2S/c1-14-4-3-5-16(12-14)8-11-23-13-18(22)19-17-6-9-20(10-7-17)15(2)21/h14,16-17H,3-13H2,1-2H3,(H,19,22)/t14-,16+/m0/s1. The lowest BCUT2D eigenvalue weighted by Gasteiger charge is -2.31. The molecule has 1 aliphatic heterocycles. The zero-order valence-corrected chi connectivity index (χ0v) is 15.5. The summed E-state index contributed by atoms with van der Waals surface area (Å²) in [7, 11) is 0. The number of hydrogen-bond acceptors (Lipinski definition) is 3. The van der Waals surface area contributed by atoms with Crippen molar-refractivity contribution in [2.24, 2.45) is 11.8 Å². The molecule has 23 heavy (non-hydrogen) atoms. The molecule has 2 fully saturated rings. The minimum Gasteiger partial charge on any atom is -0.353 e. The van der Waals surface area contributed by atoms with Gasteiger partial charge in [-0.2, -0.15) is 11.8 Å². The third-order valence-electron chi connectivity index (χ3n) is 5.25. The van der Waals surface area contributed by atoms with Crippen LogP contribution in [-0.4, -0.2) is 47.4 Å².